The Hall–Kier alpha value is -1.58. The van der Waals surface area contributed by atoms with Gasteiger partial charge in [0.1, 0.15) is 10.6 Å². The molecule has 1 aromatic rings. The van der Waals surface area contributed by atoms with Crippen molar-refractivity contribution in [3.05, 3.63) is 23.8 Å². The van der Waals surface area contributed by atoms with Gasteiger partial charge in [0.15, 0.2) is 0 Å². The van der Waals surface area contributed by atoms with Gasteiger partial charge in [-0.25, -0.2) is 0 Å². The third kappa shape index (κ3) is 6.21. The molecule has 0 bridgehead atoms. The van der Waals surface area contributed by atoms with Crippen LogP contribution in [0.3, 0.4) is 0 Å². The van der Waals surface area contributed by atoms with Crippen LogP contribution >= 0.6 is 0 Å². The standard InChI is InChI=1S/C24H37NO4S/c1-5-7-19-10-12-23(24(4,16-19)14-13-20(17-25)8-6-2)29-30(27,28)22-15-21(26)11-9-18(22)3/h9,11,15,19-20,23,26H,5-8,10,12-14,16H2,1-4H3. The molecular formula is C24H37NO4S. The van der Waals surface area contributed by atoms with Crippen molar-refractivity contribution in [1.29, 1.82) is 5.26 Å². The van der Waals surface area contributed by atoms with Gasteiger partial charge in [0.25, 0.3) is 10.1 Å². The van der Waals surface area contributed by atoms with E-state index in [1.807, 2.05) is 0 Å². The molecule has 0 heterocycles. The van der Waals surface area contributed by atoms with Crippen molar-refractivity contribution < 1.29 is 17.7 Å². The third-order valence-electron chi connectivity index (χ3n) is 6.63. The van der Waals surface area contributed by atoms with Crippen LogP contribution < -0.4 is 0 Å². The number of nitrogens with zero attached hydrogens (tertiary/aromatic N) is 1. The van der Waals surface area contributed by atoms with Gasteiger partial charge in [-0.15, -0.1) is 0 Å². The van der Waals surface area contributed by atoms with Crippen molar-refractivity contribution in [2.75, 3.05) is 0 Å². The second-order valence-corrected chi connectivity index (χ2v) is 10.8. The number of aromatic hydroxyl groups is 1. The second-order valence-electron chi connectivity index (χ2n) is 9.23. The SMILES string of the molecule is CCCC(C#N)CCC1(C)CC(CCC)CCC1OS(=O)(=O)c1cc(O)ccc1C. The first-order valence-corrected chi connectivity index (χ1v) is 12.7. The van der Waals surface area contributed by atoms with Gasteiger partial charge in [-0.3, -0.25) is 4.18 Å². The van der Waals surface area contributed by atoms with Crippen LogP contribution in [0, 0.1) is 35.5 Å². The van der Waals surface area contributed by atoms with Crippen molar-refractivity contribution in [3.63, 3.8) is 0 Å². The van der Waals surface area contributed by atoms with Gasteiger partial charge >= 0.3 is 0 Å². The predicted molar refractivity (Wildman–Crippen MR) is 119 cm³/mol. The van der Waals surface area contributed by atoms with Gasteiger partial charge in [-0.2, -0.15) is 13.7 Å². The van der Waals surface area contributed by atoms with Crippen LogP contribution in [-0.2, 0) is 14.3 Å². The van der Waals surface area contributed by atoms with E-state index in [2.05, 4.69) is 26.8 Å². The van der Waals surface area contributed by atoms with Crippen molar-refractivity contribution >= 4 is 10.1 Å². The average Bonchev–Trinajstić information content (AvgIpc) is 2.69. The zero-order chi connectivity index (χ0) is 22.4. The molecule has 4 atom stereocenters. The highest BCUT2D eigenvalue weighted by Gasteiger charge is 2.43. The molecule has 168 valence electrons. The smallest absolute Gasteiger partial charge is 0.297 e. The van der Waals surface area contributed by atoms with Gasteiger partial charge < -0.3 is 5.11 Å². The maximum absolute atomic E-state index is 13.1. The zero-order valence-electron chi connectivity index (χ0n) is 18.9. The van der Waals surface area contributed by atoms with E-state index in [-0.39, 0.29) is 22.0 Å². The number of phenols is 1. The molecular weight excluding hydrogens is 398 g/mol. The molecule has 0 aromatic heterocycles. The Kier molecular flexibility index (Phi) is 8.75. The molecule has 1 aliphatic rings. The highest BCUT2D eigenvalue weighted by atomic mass is 32.2. The molecule has 0 aliphatic heterocycles. The van der Waals surface area contributed by atoms with E-state index in [1.54, 1.807) is 13.0 Å². The van der Waals surface area contributed by atoms with Gasteiger partial charge in [0, 0.05) is 12.0 Å². The topological polar surface area (TPSA) is 87.4 Å². The summed E-state index contributed by atoms with van der Waals surface area (Å²) in [5.41, 5.74) is 0.264. The molecule has 30 heavy (non-hydrogen) atoms. The van der Waals surface area contributed by atoms with E-state index in [4.69, 9.17) is 4.18 Å². The molecule has 0 spiro atoms. The molecule has 6 heteroatoms. The summed E-state index contributed by atoms with van der Waals surface area (Å²) in [5.74, 6) is 0.481. The van der Waals surface area contributed by atoms with E-state index in [0.717, 1.165) is 51.4 Å². The van der Waals surface area contributed by atoms with E-state index in [9.17, 15) is 18.8 Å². The Labute approximate surface area is 182 Å². The summed E-state index contributed by atoms with van der Waals surface area (Å²) in [4.78, 5) is 0.0291. The Morgan fingerprint density at radius 3 is 2.63 bits per heavy atom. The lowest BCUT2D eigenvalue weighted by Crippen LogP contribution is -2.42. The molecule has 1 saturated carbocycles. The van der Waals surface area contributed by atoms with Crippen LogP contribution in [0.2, 0.25) is 0 Å². The van der Waals surface area contributed by atoms with Crippen LogP contribution in [0.15, 0.2) is 23.1 Å². The van der Waals surface area contributed by atoms with E-state index >= 15 is 0 Å². The molecule has 0 amide bonds. The molecule has 1 aliphatic carbocycles. The summed E-state index contributed by atoms with van der Waals surface area (Å²) < 4.78 is 32.0. The second kappa shape index (κ2) is 10.6. The average molecular weight is 436 g/mol. The van der Waals surface area contributed by atoms with E-state index < -0.39 is 16.2 Å². The Morgan fingerprint density at radius 2 is 2.00 bits per heavy atom. The van der Waals surface area contributed by atoms with Gasteiger partial charge in [-0.05, 0) is 68.4 Å². The first-order valence-electron chi connectivity index (χ1n) is 11.3. The minimum Gasteiger partial charge on any atom is -0.508 e. The number of nitriles is 1. The van der Waals surface area contributed by atoms with Crippen molar-refractivity contribution in [1.82, 2.24) is 0 Å². The van der Waals surface area contributed by atoms with Gasteiger partial charge in [-0.1, -0.05) is 46.1 Å². The number of hydrogen-bond acceptors (Lipinski definition) is 5. The zero-order valence-corrected chi connectivity index (χ0v) is 19.7. The maximum atomic E-state index is 13.1. The van der Waals surface area contributed by atoms with Crippen molar-refractivity contribution in [2.24, 2.45) is 17.3 Å². The van der Waals surface area contributed by atoms with Crippen LogP contribution in [-0.4, -0.2) is 19.6 Å². The first-order chi connectivity index (χ1) is 14.1. The number of phenolic OH excluding ortho intramolecular Hbond substituents is 1. The summed E-state index contributed by atoms with van der Waals surface area (Å²) in [6.45, 7) is 8.10. The first kappa shape index (κ1) is 24.7. The van der Waals surface area contributed by atoms with E-state index in [0.29, 0.717) is 17.9 Å². The van der Waals surface area contributed by atoms with Crippen molar-refractivity contribution in [3.8, 4) is 11.8 Å². The van der Waals surface area contributed by atoms with Crippen LogP contribution in [0.25, 0.3) is 0 Å². The molecule has 0 saturated heterocycles. The molecule has 1 N–H and O–H groups in total. The fourth-order valence-electron chi connectivity index (χ4n) is 4.90. The maximum Gasteiger partial charge on any atom is 0.297 e. The number of rotatable bonds is 10. The van der Waals surface area contributed by atoms with Crippen LogP contribution in [0.5, 0.6) is 5.75 Å². The summed E-state index contributed by atoms with van der Waals surface area (Å²) in [6, 6.07) is 6.74. The van der Waals surface area contributed by atoms with Crippen LogP contribution in [0.1, 0.15) is 84.1 Å². The summed E-state index contributed by atoms with van der Waals surface area (Å²) in [5, 5.41) is 19.2. The molecule has 1 fully saturated rings. The van der Waals surface area contributed by atoms with Crippen LogP contribution in [0.4, 0.5) is 0 Å². The number of aryl methyl sites for hydroxylation is 1. The predicted octanol–water partition coefficient (Wildman–Crippen LogP) is 6.10. The highest BCUT2D eigenvalue weighted by molar-refractivity contribution is 7.86. The lowest BCUT2D eigenvalue weighted by molar-refractivity contribution is -0.00837. The summed E-state index contributed by atoms with van der Waals surface area (Å²) in [6.07, 6.45) is 7.80. The third-order valence-corrected chi connectivity index (χ3v) is 8.10. The monoisotopic (exact) mass is 435 g/mol. The summed E-state index contributed by atoms with van der Waals surface area (Å²) in [7, 11) is -3.99. The minimum atomic E-state index is -3.99. The Bertz CT molecular complexity index is 845. The number of hydrogen-bond donors (Lipinski definition) is 1. The molecule has 0 radical (unpaired) electrons. The fourth-order valence-corrected chi connectivity index (χ4v) is 6.36. The lowest BCUT2D eigenvalue weighted by Gasteiger charge is -2.44. The number of benzene rings is 1. The quantitative estimate of drug-likeness (QED) is 0.449. The molecule has 5 nitrogen and oxygen atoms in total. The largest absolute Gasteiger partial charge is 0.508 e. The normalized spacial score (nSPS) is 25.6. The van der Waals surface area contributed by atoms with Crippen molar-refractivity contribution in [2.45, 2.75) is 96.5 Å². The lowest BCUT2D eigenvalue weighted by atomic mass is 9.65. The molecule has 4 unspecified atom stereocenters. The van der Waals surface area contributed by atoms with Gasteiger partial charge in [0.2, 0.25) is 0 Å². The Morgan fingerprint density at radius 1 is 1.27 bits per heavy atom. The minimum absolute atomic E-state index is 0.00366. The fraction of sp³-hybridized carbons (Fsp3) is 0.708. The van der Waals surface area contributed by atoms with E-state index in [1.165, 1.54) is 12.1 Å². The Balaban J connectivity index is 2.26. The van der Waals surface area contributed by atoms with Gasteiger partial charge in [0.05, 0.1) is 12.2 Å². The molecule has 2 rings (SSSR count). The highest BCUT2D eigenvalue weighted by Crippen LogP contribution is 2.47. The molecule has 1 aromatic carbocycles. The summed E-state index contributed by atoms with van der Waals surface area (Å²) >= 11 is 0.